The number of benzene rings is 2. The molecule has 2 aromatic rings. The Balaban J connectivity index is 2.10. The van der Waals surface area contributed by atoms with E-state index in [0.717, 1.165) is 23.4 Å². The van der Waals surface area contributed by atoms with Crippen molar-refractivity contribution < 1.29 is 8.78 Å². The van der Waals surface area contributed by atoms with Gasteiger partial charge in [0.15, 0.2) is 11.6 Å². The standard InChI is InChI=1S/C16H18F2N2/c1-11-4-3-5-13(8-11)20(2)10-16(19)12-6-7-14(17)15(18)9-12/h3-9,16H,10,19H2,1-2H3. The average Bonchev–Trinajstić information content (AvgIpc) is 2.41. The zero-order valence-electron chi connectivity index (χ0n) is 11.6. The lowest BCUT2D eigenvalue weighted by molar-refractivity contribution is 0.505. The van der Waals surface area contributed by atoms with E-state index in [2.05, 4.69) is 6.07 Å². The highest BCUT2D eigenvalue weighted by Crippen LogP contribution is 2.19. The Morgan fingerprint density at radius 2 is 1.85 bits per heavy atom. The van der Waals surface area contributed by atoms with E-state index in [0.29, 0.717) is 12.1 Å². The van der Waals surface area contributed by atoms with Gasteiger partial charge < -0.3 is 10.6 Å². The lowest BCUT2D eigenvalue weighted by atomic mass is 10.1. The number of rotatable bonds is 4. The predicted molar refractivity (Wildman–Crippen MR) is 77.7 cm³/mol. The van der Waals surface area contributed by atoms with E-state index in [4.69, 9.17) is 5.73 Å². The average molecular weight is 276 g/mol. The molecule has 2 nitrogen and oxygen atoms in total. The Morgan fingerprint density at radius 1 is 1.10 bits per heavy atom. The van der Waals surface area contributed by atoms with Crippen LogP contribution in [0.2, 0.25) is 0 Å². The van der Waals surface area contributed by atoms with E-state index in [1.807, 2.05) is 37.1 Å². The van der Waals surface area contributed by atoms with Crippen LogP contribution in [0.5, 0.6) is 0 Å². The summed E-state index contributed by atoms with van der Waals surface area (Å²) < 4.78 is 26.1. The van der Waals surface area contributed by atoms with Gasteiger partial charge in [0, 0.05) is 25.3 Å². The summed E-state index contributed by atoms with van der Waals surface area (Å²) in [6.07, 6.45) is 0. The van der Waals surface area contributed by atoms with Crippen molar-refractivity contribution in [1.82, 2.24) is 0 Å². The summed E-state index contributed by atoms with van der Waals surface area (Å²) in [6, 6.07) is 11.4. The van der Waals surface area contributed by atoms with Crippen LogP contribution in [-0.4, -0.2) is 13.6 Å². The molecule has 2 N–H and O–H groups in total. The van der Waals surface area contributed by atoms with E-state index in [9.17, 15) is 8.78 Å². The molecule has 0 aliphatic carbocycles. The van der Waals surface area contributed by atoms with Crippen molar-refractivity contribution in [1.29, 1.82) is 0 Å². The maximum atomic E-state index is 13.2. The van der Waals surface area contributed by atoms with E-state index >= 15 is 0 Å². The van der Waals surface area contributed by atoms with Crippen LogP contribution in [0.25, 0.3) is 0 Å². The summed E-state index contributed by atoms with van der Waals surface area (Å²) in [4.78, 5) is 2.00. The van der Waals surface area contributed by atoms with Crippen molar-refractivity contribution in [3.8, 4) is 0 Å². The van der Waals surface area contributed by atoms with Crippen LogP contribution in [0, 0.1) is 18.6 Å². The van der Waals surface area contributed by atoms with Crippen LogP contribution < -0.4 is 10.6 Å². The highest BCUT2D eigenvalue weighted by atomic mass is 19.2. The van der Waals surface area contributed by atoms with Gasteiger partial charge in [0.25, 0.3) is 0 Å². The number of hydrogen-bond donors (Lipinski definition) is 1. The number of anilines is 1. The summed E-state index contributed by atoms with van der Waals surface area (Å²) >= 11 is 0. The molecule has 0 aromatic heterocycles. The van der Waals surface area contributed by atoms with Crippen molar-refractivity contribution in [3.05, 3.63) is 65.2 Å². The van der Waals surface area contributed by atoms with Gasteiger partial charge in [0.05, 0.1) is 0 Å². The molecule has 0 radical (unpaired) electrons. The summed E-state index contributed by atoms with van der Waals surface area (Å²) in [7, 11) is 1.93. The van der Waals surface area contributed by atoms with Crippen LogP contribution in [0.15, 0.2) is 42.5 Å². The number of hydrogen-bond acceptors (Lipinski definition) is 2. The van der Waals surface area contributed by atoms with Gasteiger partial charge >= 0.3 is 0 Å². The van der Waals surface area contributed by atoms with E-state index in [-0.39, 0.29) is 6.04 Å². The minimum absolute atomic E-state index is 0.379. The third kappa shape index (κ3) is 3.33. The quantitative estimate of drug-likeness (QED) is 0.927. The Labute approximate surface area is 117 Å². The topological polar surface area (TPSA) is 29.3 Å². The Bertz CT molecular complexity index is 599. The first-order valence-electron chi connectivity index (χ1n) is 6.45. The summed E-state index contributed by atoms with van der Waals surface area (Å²) in [5, 5.41) is 0. The zero-order chi connectivity index (χ0) is 14.7. The lowest BCUT2D eigenvalue weighted by Gasteiger charge is -2.24. The smallest absolute Gasteiger partial charge is 0.159 e. The number of likely N-dealkylation sites (N-methyl/N-ethyl adjacent to an activating group) is 1. The second-order valence-corrected chi connectivity index (χ2v) is 5.00. The predicted octanol–water partition coefficient (Wildman–Crippen LogP) is 3.41. The molecule has 20 heavy (non-hydrogen) atoms. The number of nitrogens with two attached hydrogens (primary N) is 1. The molecule has 0 aliphatic rings. The van der Waals surface area contributed by atoms with Gasteiger partial charge in [-0.3, -0.25) is 0 Å². The van der Waals surface area contributed by atoms with Crippen molar-refractivity contribution in [2.75, 3.05) is 18.5 Å². The van der Waals surface area contributed by atoms with Gasteiger partial charge in [0.1, 0.15) is 0 Å². The minimum atomic E-state index is -0.865. The molecule has 0 heterocycles. The molecular weight excluding hydrogens is 258 g/mol. The maximum absolute atomic E-state index is 13.2. The molecule has 1 unspecified atom stereocenters. The Kier molecular flexibility index (Phi) is 4.35. The Morgan fingerprint density at radius 3 is 2.50 bits per heavy atom. The van der Waals surface area contributed by atoms with Gasteiger partial charge in [-0.25, -0.2) is 8.78 Å². The molecule has 106 valence electrons. The third-order valence-electron chi connectivity index (χ3n) is 3.28. The molecule has 0 saturated heterocycles. The van der Waals surface area contributed by atoms with E-state index < -0.39 is 11.6 Å². The molecule has 0 fully saturated rings. The monoisotopic (exact) mass is 276 g/mol. The van der Waals surface area contributed by atoms with Crippen LogP contribution >= 0.6 is 0 Å². The fourth-order valence-corrected chi connectivity index (χ4v) is 2.11. The van der Waals surface area contributed by atoms with Crippen LogP contribution in [-0.2, 0) is 0 Å². The second kappa shape index (κ2) is 6.01. The summed E-state index contributed by atoms with van der Waals surface area (Å²) in [5.41, 5.74) is 8.85. The number of aryl methyl sites for hydroxylation is 1. The summed E-state index contributed by atoms with van der Waals surface area (Å²) in [6.45, 7) is 2.54. The van der Waals surface area contributed by atoms with Gasteiger partial charge in [-0.05, 0) is 42.3 Å². The maximum Gasteiger partial charge on any atom is 0.159 e. The number of nitrogens with zero attached hydrogens (tertiary/aromatic N) is 1. The first-order valence-corrected chi connectivity index (χ1v) is 6.45. The molecule has 2 aromatic carbocycles. The molecule has 0 amide bonds. The van der Waals surface area contributed by atoms with Crippen LogP contribution in [0.4, 0.5) is 14.5 Å². The zero-order valence-corrected chi connectivity index (χ0v) is 11.6. The molecule has 4 heteroatoms. The molecule has 2 rings (SSSR count). The van der Waals surface area contributed by atoms with Crippen molar-refractivity contribution in [3.63, 3.8) is 0 Å². The van der Waals surface area contributed by atoms with Crippen LogP contribution in [0.1, 0.15) is 17.2 Å². The van der Waals surface area contributed by atoms with Gasteiger partial charge in [-0.2, -0.15) is 0 Å². The highest BCUT2D eigenvalue weighted by molar-refractivity contribution is 5.48. The first-order chi connectivity index (χ1) is 9.47. The Hall–Kier alpha value is -1.94. The highest BCUT2D eigenvalue weighted by Gasteiger charge is 2.12. The van der Waals surface area contributed by atoms with Crippen LogP contribution in [0.3, 0.4) is 0 Å². The molecule has 0 bridgehead atoms. The first kappa shape index (κ1) is 14.5. The fourth-order valence-electron chi connectivity index (χ4n) is 2.11. The van der Waals surface area contributed by atoms with E-state index in [1.54, 1.807) is 0 Å². The van der Waals surface area contributed by atoms with Crippen molar-refractivity contribution in [2.45, 2.75) is 13.0 Å². The molecule has 0 saturated carbocycles. The van der Waals surface area contributed by atoms with Crippen molar-refractivity contribution >= 4 is 5.69 Å². The molecule has 1 atom stereocenters. The SMILES string of the molecule is Cc1cccc(N(C)CC(N)c2ccc(F)c(F)c2)c1. The molecule has 0 spiro atoms. The fraction of sp³-hybridized carbons (Fsp3) is 0.250. The van der Waals surface area contributed by atoms with Gasteiger partial charge in [0.2, 0.25) is 0 Å². The summed E-state index contributed by atoms with van der Waals surface area (Å²) in [5.74, 6) is -1.72. The van der Waals surface area contributed by atoms with Gasteiger partial charge in [-0.1, -0.05) is 18.2 Å². The molecule has 0 aliphatic heterocycles. The van der Waals surface area contributed by atoms with E-state index in [1.165, 1.54) is 6.07 Å². The second-order valence-electron chi connectivity index (χ2n) is 5.00. The lowest BCUT2D eigenvalue weighted by Crippen LogP contribution is -2.29. The third-order valence-corrected chi connectivity index (χ3v) is 3.28. The van der Waals surface area contributed by atoms with Gasteiger partial charge in [-0.15, -0.1) is 0 Å². The molecular formula is C16H18F2N2. The minimum Gasteiger partial charge on any atom is -0.373 e. The number of halogens is 2. The van der Waals surface area contributed by atoms with Crippen molar-refractivity contribution in [2.24, 2.45) is 5.73 Å². The largest absolute Gasteiger partial charge is 0.373 e. The normalized spacial score (nSPS) is 12.2.